The maximum Gasteiger partial charge on any atom is 0.223 e. The highest BCUT2D eigenvalue weighted by atomic mass is 32.1. The molecule has 3 atom stereocenters. The van der Waals surface area contributed by atoms with Crippen LogP contribution >= 0.6 is 11.3 Å². The van der Waals surface area contributed by atoms with E-state index in [1.165, 1.54) is 4.88 Å². The van der Waals surface area contributed by atoms with E-state index in [1.54, 1.807) is 18.3 Å². The van der Waals surface area contributed by atoms with Crippen LogP contribution in [0.2, 0.25) is 0 Å². The molecule has 1 aromatic rings. The number of nitrogens with zero attached hydrogens (tertiary/aromatic N) is 2. The molecule has 0 radical (unpaired) electrons. The van der Waals surface area contributed by atoms with Crippen molar-refractivity contribution in [2.75, 3.05) is 13.7 Å². The van der Waals surface area contributed by atoms with Gasteiger partial charge < -0.3 is 15.1 Å². The topological polar surface area (TPSA) is 83.3 Å². The molecule has 38 heavy (non-hydrogen) atoms. The van der Waals surface area contributed by atoms with Crippen LogP contribution in [0.4, 0.5) is 8.78 Å². The van der Waals surface area contributed by atoms with Crippen LogP contribution in [-0.4, -0.2) is 59.4 Å². The fraction of sp³-hybridized carbons (Fsp3) is 0.690. The predicted molar refractivity (Wildman–Crippen MR) is 155 cm³/mol. The van der Waals surface area contributed by atoms with Gasteiger partial charge in [0.15, 0.2) is 0 Å². The van der Waals surface area contributed by atoms with Gasteiger partial charge in [0.1, 0.15) is 12.0 Å². The maximum absolute atomic E-state index is 13.6. The predicted octanol–water partition coefficient (Wildman–Crippen LogP) is 7.02. The van der Waals surface area contributed by atoms with E-state index in [4.69, 9.17) is 10.8 Å². The number of halogens is 2. The fourth-order valence-corrected chi connectivity index (χ4v) is 6.57. The van der Waals surface area contributed by atoms with E-state index >= 15 is 0 Å². The first-order chi connectivity index (χ1) is 18.0. The minimum absolute atomic E-state index is 0.0489. The first-order valence-electron chi connectivity index (χ1n) is 13.7. The molecule has 9 heteroatoms. The molecule has 0 aromatic carbocycles. The minimum atomic E-state index is -0.767. The fourth-order valence-electron chi connectivity index (χ4n) is 5.61. The van der Waals surface area contributed by atoms with E-state index in [-0.39, 0.29) is 35.9 Å². The van der Waals surface area contributed by atoms with Gasteiger partial charge in [-0.05, 0) is 71.4 Å². The summed E-state index contributed by atoms with van der Waals surface area (Å²) in [6.07, 6.45) is 3.78. The number of nitrogens with one attached hydrogen (secondary N) is 3. The Morgan fingerprint density at radius 2 is 1.87 bits per heavy atom. The third-order valence-corrected chi connectivity index (χ3v) is 8.78. The van der Waals surface area contributed by atoms with Gasteiger partial charge >= 0.3 is 0 Å². The van der Waals surface area contributed by atoms with E-state index < -0.39 is 6.17 Å². The van der Waals surface area contributed by atoms with Crippen molar-refractivity contribution in [3.8, 4) is 0 Å². The normalized spacial score (nSPS) is 24.3. The lowest BCUT2D eigenvalue weighted by Crippen LogP contribution is -2.52. The van der Waals surface area contributed by atoms with Crippen LogP contribution in [-0.2, 0) is 4.79 Å². The summed E-state index contributed by atoms with van der Waals surface area (Å²) in [5, 5.41) is 20.1. The van der Waals surface area contributed by atoms with Gasteiger partial charge in [-0.25, -0.2) is 4.39 Å². The Morgan fingerprint density at radius 1 is 1.24 bits per heavy atom. The van der Waals surface area contributed by atoms with Gasteiger partial charge in [0.2, 0.25) is 5.91 Å². The summed E-state index contributed by atoms with van der Waals surface area (Å²) in [6, 6.07) is 4.41. The Morgan fingerprint density at radius 3 is 2.37 bits per heavy atom. The monoisotopic (exact) mass is 551 g/mol. The second kappa shape index (κ2) is 14.8. The molecule has 3 rings (SSSR count). The van der Waals surface area contributed by atoms with Gasteiger partial charge in [0, 0.05) is 52.3 Å². The molecule has 2 aliphatic rings. The zero-order valence-corrected chi connectivity index (χ0v) is 24.8. The Bertz CT molecular complexity index is 957. The number of aryl methyl sites for hydroxylation is 1. The molecule has 1 saturated heterocycles. The first-order valence-corrected chi connectivity index (χ1v) is 14.5. The van der Waals surface area contributed by atoms with Gasteiger partial charge in [-0.2, -0.15) is 0 Å². The summed E-state index contributed by atoms with van der Waals surface area (Å²) in [7, 11) is 0.500. The molecule has 0 spiro atoms. The number of thiophene rings is 1. The summed E-state index contributed by atoms with van der Waals surface area (Å²) >= 11 is 1.72. The number of piperidine rings is 1. The molecule has 2 unspecified atom stereocenters. The van der Waals surface area contributed by atoms with Gasteiger partial charge in [-0.1, -0.05) is 20.4 Å². The molecule has 1 aliphatic heterocycles. The average Bonchev–Trinajstić information content (AvgIpc) is 3.30. The highest BCUT2D eigenvalue weighted by molar-refractivity contribution is 7.12. The number of rotatable bonds is 8. The number of likely N-dealkylation sites (tertiary alicyclic amines) is 1. The lowest BCUT2D eigenvalue weighted by atomic mass is 9.87. The molecule has 2 fully saturated rings. The minimum Gasteiger partial charge on any atom is -0.372 e. The summed E-state index contributed by atoms with van der Waals surface area (Å²) in [5.74, 6) is 0.901. The second-order valence-corrected chi connectivity index (χ2v) is 12.3. The molecular weight excluding hydrogens is 504 g/mol. The highest BCUT2D eigenvalue weighted by Crippen LogP contribution is 2.33. The van der Waals surface area contributed by atoms with E-state index in [1.807, 2.05) is 18.7 Å². The van der Waals surface area contributed by atoms with Crippen molar-refractivity contribution in [2.24, 2.45) is 11.8 Å². The Hall–Kier alpha value is -2.29. The SMILES string of the molecule is C=C1CC(N(C(C)=N)C(=N)C(C)C)CC(C)N1CC[C@H](NC(=O)C1CCC(F)CC1)c1ccc(C)s1.CF. The molecule has 6 nitrogen and oxygen atoms in total. The molecule has 1 saturated carbocycles. The molecule has 2 heterocycles. The molecule has 214 valence electrons. The van der Waals surface area contributed by atoms with Crippen molar-refractivity contribution in [2.45, 2.75) is 104 Å². The van der Waals surface area contributed by atoms with Crippen LogP contribution in [0.3, 0.4) is 0 Å². The first kappa shape index (κ1) is 31.9. The quantitative estimate of drug-likeness (QED) is 0.240. The van der Waals surface area contributed by atoms with E-state index in [2.05, 4.69) is 42.8 Å². The summed E-state index contributed by atoms with van der Waals surface area (Å²) in [5.41, 5.74) is 1.02. The molecule has 1 amide bonds. The number of amidine groups is 2. The maximum atomic E-state index is 13.6. The van der Waals surface area contributed by atoms with Crippen LogP contribution in [0.1, 0.15) is 88.4 Å². The van der Waals surface area contributed by atoms with Gasteiger partial charge in [0.05, 0.1) is 19.1 Å². The van der Waals surface area contributed by atoms with Gasteiger partial charge in [0.25, 0.3) is 0 Å². The lowest BCUT2D eigenvalue weighted by molar-refractivity contribution is -0.127. The molecule has 0 bridgehead atoms. The van der Waals surface area contributed by atoms with E-state index in [0.717, 1.165) is 36.4 Å². The van der Waals surface area contributed by atoms with Crippen molar-refractivity contribution in [3.63, 3.8) is 0 Å². The smallest absolute Gasteiger partial charge is 0.223 e. The third-order valence-electron chi connectivity index (χ3n) is 7.66. The van der Waals surface area contributed by atoms with Gasteiger partial charge in [-0.15, -0.1) is 11.3 Å². The zero-order chi connectivity index (χ0) is 28.6. The molecule has 1 aliphatic carbocycles. The van der Waals surface area contributed by atoms with Crippen LogP contribution in [0, 0.1) is 29.6 Å². The van der Waals surface area contributed by atoms with Crippen LogP contribution < -0.4 is 5.32 Å². The summed E-state index contributed by atoms with van der Waals surface area (Å²) in [4.78, 5) is 19.6. The Balaban J connectivity index is 0.00000247. The van der Waals surface area contributed by atoms with E-state index in [9.17, 15) is 13.6 Å². The van der Waals surface area contributed by atoms with Crippen LogP contribution in [0.5, 0.6) is 0 Å². The molecule has 3 N–H and O–H groups in total. The number of carbonyl (C=O) groups is 1. The van der Waals surface area contributed by atoms with Gasteiger partial charge in [-0.3, -0.25) is 20.0 Å². The highest BCUT2D eigenvalue weighted by Gasteiger charge is 2.34. The number of carbonyl (C=O) groups excluding carboxylic acids is 1. The molecular formula is C29H47F2N5OS. The Labute approximate surface area is 231 Å². The Kier molecular flexibility index (Phi) is 12.4. The number of hydrogen-bond donors (Lipinski definition) is 3. The third kappa shape index (κ3) is 8.35. The van der Waals surface area contributed by atoms with Crippen molar-refractivity contribution in [1.82, 2.24) is 15.1 Å². The number of hydrogen-bond acceptors (Lipinski definition) is 5. The van der Waals surface area contributed by atoms with E-state index in [0.29, 0.717) is 44.5 Å². The largest absolute Gasteiger partial charge is 0.372 e. The molecule has 1 aromatic heterocycles. The van der Waals surface area contributed by atoms with Crippen molar-refractivity contribution >= 4 is 28.9 Å². The lowest BCUT2D eigenvalue weighted by Gasteiger charge is -2.45. The average molecular weight is 552 g/mol. The second-order valence-electron chi connectivity index (χ2n) is 10.9. The number of amides is 1. The van der Waals surface area contributed by atoms with Crippen LogP contribution in [0.15, 0.2) is 24.4 Å². The number of alkyl halides is 2. The van der Waals surface area contributed by atoms with Crippen LogP contribution in [0.25, 0.3) is 0 Å². The van der Waals surface area contributed by atoms with Crippen molar-refractivity contribution in [3.05, 3.63) is 34.2 Å². The zero-order valence-electron chi connectivity index (χ0n) is 23.9. The standard InChI is InChI=1S/C28H44FN5OS.CH3F/c1-17(2)27(31)34(21(6)30)24-15-18(3)33(19(4)16-24)14-13-25(26-12-7-20(5)36-26)32-28(35)22-8-10-23(29)11-9-22;1-2/h7,12,17,19,22-25,30-31H,3,8-11,13-16H2,1-2,4-6H3,(H,32,35);1H3/t19?,22?,23?,24?,25-;/m0./s1. The van der Waals surface area contributed by atoms with Crippen molar-refractivity contribution < 1.29 is 13.6 Å². The summed E-state index contributed by atoms with van der Waals surface area (Å²) < 4.78 is 23.1. The summed E-state index contributed by atoms with van der Waals surface area (Å²) in [6.45, 7) is 15.2. The van der Waals surface area contributed by atoms with Crippen molar-refractivity contribution in [1.29, 1.82) is 10.8 Å².